The highest BCUT2D eigenvalue weighted by molar-refractivity contribution is 6.07. The molecule has 3 aliphatic heterocycles. The van der Waals surface area contributed by atoms with Gasteiger partial charge in [-0.15, -0.1) is 0 Å². The summed E-state index contributed by atoms with van der Waals surface area (Å²) in [6, 6.07) is 22.9. The Balaban J connectivity index is 0.835. The minimum Gasteiger partial charge on any atom is -0.369 e. The smallest absolute Gasteiger partial charge is 0.328 e. The van der Waals surface area contributed by atoms with E-state index in [2.05, 4.69) is 55.0 Å². The van der Waals surface area contributed by atoms with Crippen molar-refractivity contribution in [3.05, 3.63) is 112 Å². The fourth-order valence-electron chi connectivity index (χ4n) is 8.78. The third kappa shape index (κ3) is 7.26. The van der Waals surface area contributed by atoms with Crippen molar-refractivity contribution in [2.45, 2.75) is 58.0 Å². The number of carbonyl (C=O) groups is 4. The summed E-state index contributed by atoms with van der Waals surface area (Å²) in [4.78, 5) is 60.8. The number of hydrogen-bond acceptors (Lipinski definition) is 9. The minimum absolute atomic E-state index is 0.0788. The largest absolute Gasteiger partial charge is 0.369 e. The van der Waals surface area contributed by atoms with Gasteiger partial charge in [-0.3, -0.25) is 29.5 Å². The number of carbonyl (C=O) groups excluding carboxylic acids is 4. The third-order valence-electron chi connectivity index (χ3n) is 12.2. The van der Waals surface area contributed by atoms with E-state index in [4.69, 9.17) is 10.8 Å². The lowest BCUT2D eigenvalue weighted by molar-refractivity contribution is -0.120. The number of nitrogens with two attached hydrogens (primary N) is 1. The van der Waals surface area contributed by atoms with E-state index in [1.54, 1.807) is 21.7 Å². The lowest BCUT2D eigenvalue weighted by atomic mass is 9.75. The maximum Gasteiger partial charge on any atom is 0.328 e. The average molecular weight is 797 g/mol. The molecule has 1 saturated carbocycles. The first-order chi connectivity index (χ1) is 28.5. The summed E-state index contributed by atoms with van der Waals surface area (Å²) in [5.41, 5.74) is 12.3. The molecule has 0 unspecified atom stereocenters. The second-order valence-electron chi connectivity index (χ2n) is 15.8. The molecule has 5 amide bonds. The number of anilines is 5. The van der Waals surface area contributed by atoms with Crippen LogP contribution >= 0.6 is 0 Å². The molecule has 3 aromatic carbocycles. The lowest BCUT2D eigenvalue weighted by Gasteiger charge is -2.47. The number of benzene rings is 3. The molecule has 302 valence electrons. The fraction of sp³-hybridized carbons (Fsp3) is 0.318. The van der Waals surface area contributed by atoms with Crippen LogP contribution in [0.2, 0.25) is 0 Å². The highest BCUT2D eigenvalue weighted by atomic mass is 19.1. The van der Waals surface area contributed by atoms with E-state index in [9.17, 15) is 19.2 Å². The lowest BCUT2D eigenvalue weighted by Crippen LogP contribution is -2.53. The first-order valence-corrected chi connectivity index (χ1v) is 20.1. The Morgan fingerprint density at radius 1 is 0.864 bits per heavy atom. The van der Waals surface area contributed by atoms with Gasteiger partial charge in [0.1, 0.15) is 28.7 Å². The van der Waals surface area contributed by atoms with Crippen LogP contribution in [0.25, 0.3) is 11.3 Å². The van der Waals surface area contributed by atoms with Gasteiger partial charge in [-0.1, -0.05) is 18.2 Å². The van der Waals surface area contributed by atoms with Crippen molar-refractivity contribution < 1.29 is 23.6 Å². The predicted molar refractivity (Wildman–Crippen MR) is 223 cm³/mol. The molecule has 5 aromatic rings. The molecular formula is C44H45FN10O4. The Bertz CT molecular complexity index is 2510. The Morgan fingerprint density at radius 2 is 1.63 bits per heavy atom. The number of urea groups is 1. The van der Waals surface area contributed by atoms with Crippen LogP contribution in [-0.4, -0.2) is 82.2 Å². The number of amides is 5. The summed E-state index contributed by atoms with van der Waals surface area (Å²) in [5, 5.41) is 13.2. The maximum atomic E-state index is 16.1. The van der Waals surface area contributed by atoms with E-state index in [1.165, 1.54) is 24.6 Å². The number of nitrogens with one attached hydrogen (secondary N) is 3. The van der Waals surface area contributed by atoms with Gasteiger partial charge in [0.15, 0.2) is 0 Å². The number of fused-ring (bicyclic) bond motifs is 2. The van der Waals surface area contributed by atoms with Crippen LogP contribution < -0.4 is 31.5 Å². The number of primary amides is 1. The number of aromatic nitrogens is 3. The van der Waals surface area contributed by atoms with Gasteiger partial charge < -0.3 is 21.3 Å². The SMILES string of the molecule is Cc1cccc(NC(=O)c2ccc(-c3nn4c(c3C(N)=O)Nc3ccc(N5CCN(C6CC(c7ccc(N8CCC(=O)NC8=O)cc7)C6)CC5)cc3CC4)c(F)c2C)n1. The van der Waals surface area contributed by atoms with E-state index in [-0.39, 0.29) is 39.9 Å². The molecule has 0 bridgehead atoms. The Labute approximate surface area is 340 Å². The molecule has 15 heteroatoms. The van der Waals surface area contributed by atoms with Gasteiger partial charge in [0.25, 0.3) is 11.8 Å². The van der Waals surface area contributed by atoms with Gasteiger partial charge in [0, 0.05) is 85.6 Å². The molecule has 1 aliphatic carbocycles. The molecule has 4 aliphatic rings. The van der Waals surface area contributed by atoms with E-state index < -0.39 is 17.6 Å². The first kappa shape index (κ1) is 37.9. The number of imide groups is 1. The molecule has 0 atom stereocenters. The van der Waals surface area contributed by atoms with Crippen molar-refractivity contribution in [1.82, 2.24) is 25.0 Å². The van der Waals surface area contributed by atoms with Gasteiger partial charge in [-0.2, -0.15) is 5.10 Å². The molecule has 14 nitrogen and oxygen atoms in total. The van der Waals surface area contributed by atoms with Gasteiger partial charge in [-0.25, -0.2) is 18.9 Å². The molecule has 0 spiro atoms. The highest BCUT2D eigenvalue weighted by Crippen LogP contribution is 2.42. The summed E-state index contributed by atoms with van der Waals surface area (Å²) >= 11 is 0. The van der Waals surface area contributed by atoms with Gasteiger partial charge >= 0.3 is 6.03 Å². The first-order valence-electron chi connectivity index (χ1n) is 20.1. The van der Waals surface area contributed by atoms with Crippen molar-refractivity contribution >= 4 is 52.5 Å². The quantitative estimate of drug-likeness (QED) is 0.150. The molecule has 59 heavy (non-hydrogen) atoms. The third-order valence-corrected chi connectivity index (χ3v) is 12.2. The van der Waals surface area contributed by atoms with Crippen molar-refractivity contribution in [3.8, 4) is 11.3 Å². The van der Waals surface area contributed by atoms with Gasteiger partial charge in [0.2, 0.25) is 5.91 Å². The zero-order valence-corrected chi connectivity index (χ0v) is 32.9. The highest BCUT2D eigenvalue weighted by Gasteiger charge is 2.36. The second kappa shape index (κ2) is 15.3. The summed E-state index contributed by atoms with van der Waals surface area (Å²) < 4.78 is 17.7. The van der Waals surface area contributed by atoms with Crippen LogP contribution in [0.1, 0.15) is 68.3 Å². The molecule has 0 radical (unpaired) electrons. The van der Waals surface area contributed by atoms with Crippen LogP contribution in [0.15, 0.2) is 72.8 Å². The average Bonchev–Trinajstić information content (AvgIpc) is 3.46. The standard InChI is InChI=1S/C44H45FN10O4/c1-25-4-3-5-36(47-25)49-43(58)33-11-12-34(39(45)26(33)2)40-38(41(46)57)42-48-35-13-10-31(22-28(35)14-17-55(42)51-40)52-18-20-53(21-19-52)32-23-29(24-32)27-6-8-30(9-7-27)54-16-15-37(56)50-44(54)59/h3-13,22,29,32,48H,14-21,23-24H2,1-2H3,(H2,46,57)(H,47,49,58)(H,50,56,59). The van der Waals surface area contributed by atoms with Crippen LogP contribution in [0.5, 0.6) is 0 Å². The normalized spacial score (nSPS) is 19.2. The Kier molecular flexibility index (Phi) is 9.83. The molecule has 2 saturated heterocycles. The van der Waals surface area contributed by atoms with E-state index >= 15 is 4.39 Å². The number of hydrogen-bond donors (Lipinski definition) is 4. The second-order valence-corrected chi connectivity index (χ2v) is 15.8. The molecular weight excluding hydrogens is 752 g/mol. The minimum atomic E-state index is -0.741. The summed E-state index contributed by atoms with van der Waals surface area (Å²) in [5.74, 6) is -0.879. The number of piperazine rings is 1. The zero-order chi connectivity index (χ0) is 40.9. The van der Waals surface area contributed by atoms with Crippen LogP contribution in [0.4, 0.5) is 37.9 Å². The molecule has 5 heterocycles. The zero-order valence-electron chi connectivity index (χ0n) is 32.9. The van der Waals surface area contributed by atoms with Crippen molar-refractivity contribution in [2.75, 3.05) is 53.2 Å². The molecule has 2 aromatic heterocycles. The molecule has 3 fully saturated rings. The number of rotatable bonds is 8. The topological polar surface area (TPSA) is 171 Å². The number of nitrogens with zero attached hydrogens (tertiary/aromatic N) is 6. The van der Waals surface area contributed by atoms with Crippen LogP contribution in [-0.2, 0) is 17.8 Å². The van der Waals surface area contributed by atoms with E-state index in [0.29, 0.717) is 49.5 Å². The Hall–Kier alpha value is -6.61. The monoisotopic (exact) mass is 796 g/mol. The number of aryl methyl sites for hydroxylation is 3. The summed E-state index contributed by atoms with van der Waals surface area (Å²) in [6.07, 6.45) is 3.15. The fourth-order valence-corrected chi connectivity index (χ4v) is 8.78. The summed E-state index contributed by atoms with van der Waals surface area (Å²) in [6.45, 7) is 7.94. The van der Waals surface area contributed by atoms with Crippen molar-refractivity contribution in [1.29, 1.82) is 0 Å². The van der Waals surface area contributed by atoms with Crippen molar-refractivity contribution in [3.63, 3.8) is 0 Å². The van der Waals surface area contributed by atoms with Crippen molar-refractivity contribution in [2.24, 2.45) is 5.73 Å². The van der Waals surface area contributed by atoms with Gasteiger partial charge in [-0.05, 0) is 110 Å². The van der Waals surface area contributed by atoms with E-state index in [1.807, 2.05) is 31.2 Å². The maximum absolute atomic E-state index is 16.1. The predicted octanol–water partition coefficient (Wildman–Crippen LogP) is 5.87. The molecule has 9 rings (SSSR count). The summed E-state index contributed by atoms with van der Waals surface area (Å²) in [7, 11) is 0. The van der Waals surface area contributed by atoms with Crippen LogP contribution in [0, 0.1) is 19.7 Å². The molecule has 5 N–H and O–H groups in total. The van der Waals surface area contributed by atoms with Gasteiger partial charge in [0.05, 0.1) is 0 Å². The number of halogens is 1. The van der Waals surface area contributed by atoms with E-state index in [0.717, 1.165) is 67.3 Å². The van der Waals surface area contributed by atoms with Crippen LogP contribution in [0.3, 0.4) is 0 Å². The number of pyridine rings is 1. The Morgan fingerprint density at radius 3 is 2.36 bits per heavy atom.